The first-order chi connectivity index (χ1) is 31.1. The number of nitrogens with zero attached hydrogens (tertiary/aromatic N) is 4. The van der Waals surface area contributed by atoms with Gasteiger partial charge in [-0.1, -0.05) is 122 Å². The van der Waals surface area contributed by atoms with E-state index in [1.54, 1.807) is 11.3 Å². The second-order valence-corrected chi connectivity index (χ2v) is 17.0. The van der Waals surface area contributed by atoms with Crippen LogP contribution in [0.25, 0.3) is 115 Å². The van der Waals surface area contributed by atoms with Gasteiger partial charge in [-0.25, -0.2) is 4.98 Å². The van der Waals surface area contributed by atoms with E-state index in [2.05, 4.69) is 191 Å². The van der Waals surface area contributed by atoms with E-state index in [1.165, 1.54) is 21.7 Å². The third-order valence-electron chi connectivity index (χ3n) is 12.2. The molecule has 0 aliphatic carbocycles. The SMILES string of the molecule is C=C(/C=C(\C=N)c1ccc2sc3cccnc3c2c1)n1c2ccccc2c2cc(-c3ccc4c(c3)c3ccccc3n4-c3cc(-c4ccccc4)nc(-c4ccccc4)c3)ccc21. The minimum atomic E-state index is 0.784. The number of aromatic nitrogens is 4. The fourth-order valence-corrected chi connectivity index (χ4v) is 10.3. The van der Waals surface area contributed by atoms with Crippen molar-refractivity contribution in [2.24, 2.45) is 0 Å². The molecule has 0 spiro atoms. The van der Waals surface area contributed by atoms with Crippen molar-refractivity contribution >= 4 is 92.7 Å². The van der Waals surface area contributed by atoms with E-state index in [4.69, 9.17) is 10.4 Å². The summed E-state index contributed by atoms with van der Waals surface area (Å²) >= 11 is 1.74. The molecular formula is C57H37N5S. The monoisotopic (exact) mass is 823 g/mol. The molecule has 0 unspecified atom stereocenters. The summed E-state index contributed by atoms with van der Waals surface area (Å²) in [6.45, 7) is 4.60. The zero-order valence-electron chi connectivity index (χ0n) is 34.0. The van der Waals surface area contributed by atoms with Crippen LogP contribution in [0.2, 0.25) is 0 Å². The summed E-state index contributed by atoms with van der Waals surface area (Å²) in [4.78, 5) is 9.84. The van der Waals surface area contributed by atoms with Gasteiger partial charge in [0.1, 0.15) is 0 Å². The highest BCUT2D eigenvalue weighted by atomic mass is 32.1. The molecule has 0 bridgehead atoms. The predicted molar refractivity (Wildman–Crippen MR) is 267 cm³/mol. The summed E-state index contributed by atoms with van der Waals surface area (Å²) in [6, 6.07) is 66.5. The summed E-state index contributed by atoms with van der Waals surface area (Å²) in [5.41, 5.74) is 15.3. The second-order valence-electron chi connectivity index (χ2n) is 15.9. The Morgan fingerprint density at radius 1 is 0.508 bits per heavy atom. The van der Waals surface area contributed by atoms with Crippen LogP contribution in [0.15, 0.2) is 207 Å². The third kappa shape index (κ3) is 6.11. The van der Waals surface area contributed by atoms with E-state index >= 15 is 0 Å². The number of benzene rings is 7. The number of para-hydroxylation sites is 2. The Bertz CT molecular complexity index is 3770. The Morgan fingerprint density at radius 2 is 1.10 bits per heavy atom. The first kappa shape index (κ1) is 36.6. The molecule has 0 saturated heterocycles. The van der Waals surface area contributed by atoms with Crippen molar-refractivity contribution in [1.82, 2.24) is 19.1 Å². The van der Waals surface area contributed by atoms with Crippen LogP contribution in [0.3, 0.4) is 0 Å². The van der Waals surface area contributed by atoms with Gasteiger partial charge in [0.05, 0.1) is 49.4 Å². The molecule has 1 N–H and O–H groups in total. The number of hydrogen-bond donors (Lipinski definition) is 1. The average molecular weight is 824 g/mol. The first-order valence-corrected chi connectivity index (χ1v) is 21.8. The van der Waals surface area contributed by atoms with Crippen LogP contribution in [0.4, 0.5) is 0 Å². The standard InChI is InChI=1S/C57H37N5S/c1-36(29-42(35-58)41-24-27-55-48(32-41)57-56(63-55)21-12-28-59-57)61-51-19-10-8-17-44(51)46-30-39(22-25-53(46)61)40-23-26-54-47(31-40)45-18-9-11-20-52(45)62(54)43-33-49(37-13-4-2-5-14-37)60-50(34-43)38-15-6-3-7-16-38/h2-35,58H,1H2/b42-29+,58-35?. The molecule has 7 aromatic carbocycles. The van der Waals surface area contributed by atoms with E-state index in [0.717, 1.165) is 105 Å². The minimum Gasteiger partial charge on any atom is -0.310 e. The number of rotatable bonds is 8. The van der Waals surface area contributed by atoms with Gasteiger partial charge in [0, 0.05) is 66.4 Å². The summed E-state index contributed by atoms with van der Waals surface area (Å²) in [5, 5.41) is 14.3. The van der Waals surface area contributed by atoms with E-state index in [1.807, 2.05) is 30.5 Å². The number of hydrogen-bond acceptors (Lipinski definition) is 4. The molecule has 5 aromatic heterocycles. The molecule has 0 amide bonds. The van der Waals surface area contributed by atoms with Gasteiger partial charge < -0.3 is 14.5 Å². The Labute approximate surface area is 367 Å². The quantitative estimate of drug-likeness (QED) is 0.123. The predicted octanol–water partition coefficient (Wildman–Crippen LogP) is 15.3. The zero-order valence-corrected chi connectivity index (χ0v) is 34.9. The number of pyridine rings is 2. The van der Waals surface area contributed by atoms with E-state index in [9.17, 15) is 0 Å². The van der Waals surface area contributed by atoms with Crippen LogP contribution in [0.5, 0.6) is 0 Å². The molecule has 0 fully saturated rings. The summed E-state index contributed by atoms with van der Waals surface area (Å²) in [6.07, 6.45) is 5.29. The molecule has 6 heteroatoms. The molecule has 12 rings (SSSR count). The Kier molecular flexibility index (Phi) is 8.59. The fraction of sp³-hybridized carbons (Fsp3) is 0. The van der Waals surface area contributed by atoms with E-state index < -0.39 is 0 Å². The van der Waals surface area contributed by atoms with Gasteiger partial charge in [-0.05, 0) is 95.6 Å². The van der Waals surface area contributed by atoms with Gasteiger partial charge in [0.25, 0.3) is 0 Å². The van der Waals surface area contributed by atoms with Crippen molar-refractivity contribution < 1.29 is 0 Å². The molecule has 0 atom stereocenters. The van der Waals surface area contributed by atoms with Crippen molar-refractivity contribution in [2.75, 3.05) is 0 Å². The minimum absolute atomic E-state index is 0.784. The van der Waals surface area contributed by atoms with Crippen molar-refractivity contribution in [1.29, 1.82) is 5.41 Å². The van der Waals surface area contributed by atoms with Crippen molar-refractivity contribution in [3.8, 4) is 39.3 Å². The Balaban J connectivity index is 0.970. The maximum absolute atomic E-state index is 8.49. The molecule has 0 radical (unpaired) electrons. The van der Waals surface area contributed by atoms with Gasteiger partial charge in [-0.3, -0.25) is 4.98 Å². The van der Waals surface area contributed by atoms with Gasteiger partial charge in [0.2, 0.25) is 0 Å². The third-order valence-corrected chi connectivity index (χ3v) is 13.3. The lowest BCUT2D eigenvalue weighted by molar-refractivity contribution is 1.16. The molecule has 5 heterocycles. The van der Waals surface area contributed by atoms with Gasteiger partial charge in [0.15, 0.2) is 0 Å². The van der Waals surface area contributed by atoms with Crippen LogP contribution in [0.1, 0.15) is 5.56 Å². The number of fused-ring (bicyclic) bond motifs is 9. The summed E-state index contributed by atoms with van der Waals surface area (Å²) < 4.78 is 6.94. The summed E-state index contributed by atoms with van der Waals surface area (Å²) in [7, 11) is 0. The molecule has 12 aromatic rings. The van der Waals surface area contributed by atoms with Crippen LogP contribution in [-0.2, 0) is 0 Å². The van der Waals surface area contributed by atoms with Crippen molar-refractivity contribution in [3.05, 3.63) is 212 Å². The van der Waals surface area contributed by atoms with Gasteiger partial charge in [-0.2, -0.15) is 0 Å². The zero-order chi connectivity index (χ0) is 42.0. The van der Waals surface area contributed by atoms with Crippen molar-refractivity contribution in [2.45, 2.75) is 0 Å². The highest BCUT2D eigenvalue weighted by molar-refractivity contribution is 7.25. The highest BCUT2D eigenvalue weighted by Gasteiger charge is 2.18. The molecule has 0 aliphatic rings. The smallest absolute Gasteiger partial charge is 0.0888 e. The average Bonchev–Trinajstić information content (AvgIpc) is 4.00. The Morgan fingerprint density at radius 3 is 1.79 bits per heavy atom. The summed E-state index contributed by atoms with van der Waals surface area (Å²) in [5.74, 6) is 0. The normalized spacial score (nSPS) is 12.0. The highest BCUT2D eigenvalue weighted by Crippen LogP contribution is 2.40. The van der Waals surface area contributed by atoms with Crippen LogP contribution in [0, 0.1) is 5.41 Å². The molecular weight excluding hydrogens is 787 g/mol. The van der Waals surface area contributed by atoms with Gasteiger partial charge in [-0.15, -0.1) is 11.3 Å². The molecule has 5 nitrogen and oxygen atoms in total. The maximum Gasteiger partial charge on any atom is 0.0888 e. The Hall–Kier alpha value is -8.19. The lowest BCUT2D eigenvalue weighted by Crippen LogP contribution is -1.98. The lowest BCUT2D eigenvalue weighted by Gasteiger charge is -2.13. The molecule has 296 valence electrons. The van der Waals surface area contributed by atoms with Crippen LogP contribution < -0.4 is 0 Å². The molecule has 0 aliphatic heterocycles. The molecule has 0 saturated carbocycles. The van der Waals surface area contributed by atoms with Crippen LogP contribution in [-0.4, -0.2) is 25.3 Å². The lowest BCUT2D eigenvalue weighted by atomic mass is 10.0. The number of allylic oxidation sites excluding steroid dienone is 3. The van der Waals surface area contributed by atoms with E-state index in [0.29, 0.717) is 0 Å². The number of nitrogens with one attached hydrogen (secondary N) is 1. The number of thiophene rings is 1. The molecule has 63 heavy (non-hydrogen) atoms. The second kappa shape index (κ2) is 14.8. The fourth-order valence-electron chi connectivity index (χ4n) is 9.28. The van der Waals surface area contributed by atoms with Crippen LogP contribution >= 0.6 is 11.3 Å². The van der Waals surface area contributed by atoms with E-state index in [-0.39, 0.29) is 0 Å². The van der Waals surface area contributed by atoms with Crippen molar-refractivity contribution in [3.63, 3.8) is 0 Å². The maximum atomic E-state index is 8.49. The largest absolute Gasteiger partial charge is 0.310 e. The first-order valence-electron chi connectivity index (χ1n) is 21.0. The van der Waals surface area contributed by atoms with Gasteiger partial charge >= 0.3 is 0 Å². The topological polar surface area (TPSA) is 59.5 Å².